The molecule has 0 aliphatic heterocycles. The van der Waals surface area contributed by atoms with Crippen LogP contribution in [0.15, 0.2) is 42.6 Å². The molecule has 4 rings (SSSR count). The lowest BCUT2D eigenvalue weighted by atomic mass is 9.93. The van der Waals surface area contributed by atoms with Gasteiger partial charge in [-0.25, -0.2) is 9.78 Å². The molecular weight excluding hydrogens is 411 g/mol. The van der Waals surface area contributed by atoms with Crippen molar-refractivity contribution in [1.29, 1.82) is 0 Å². The van der Waals surface area contributed by atoms with Crippen molar-refractivity contribution in [3.63, 3.8) is 0 Å². The molecule has 3 aromatic rings. The maximum absolute atomic E-state index is 10.6. The number of carbonyl (C=O) groups is 1. The van der Waals surface area contributed by atoms with E-state index in [1.807, 2.05) is 36.0 Å². The van der Waals surface area contributed by atoms with Gasteiger partial charge in [0.25, 0.3) is 0 Å². The summed E-state index contributed by atoms with van der Waals surface area (Å²) in [5.74, 6) is -1.83. The minimum atomic E-state index is -5.08. The van der Waals surface area contributed by atoms with E-state index in [0.29, 0.717) is 6.04 Å². The Morgan fingerprint density at radius 1 is 1.23 bits per heavy atom. The van der Waals surface area contributed by atoms with Crippen LogP contribution in [0.4, 0.5) is 19.0 Å². The number of nitrogens with zero attached hydrogens (tertiary/aromatic N) is 3. The van der Waals surface area contributed by atoms with Crippen molar-refractivity contribution in [2.45, 2.75) is 31.5 Å². The van der Waals surface area contributed by atoms with Crippen molar-refractivity contribution in [2.24, 2.45) is 7.05 Å². The highest BCUT2D eigenvalue weighted by molar-refractivity contribution is 5.80. The number of nitrogens with one attached hydrogen (secondary N) is 2. The topological polar surface area (TPSA) is 92.1 Å². The van der Waals surface area contributed by atoms with Crippen molar-refractivity contribution >= 4 is 22.7 Å². The van der Waals surface area contributed by atoms with E-state index in [-0.39, 0.29) is 0 Å². The van der Waals surface area contributed by atoms with Crippen molar-refractivity contribution in [2.75, 3.05) is 18.4 Å². The molecule has 3 N–H and O–H groups in total. The molecule has 2 heterocycles. The summed E-state index contributed by atoms with van der Waals surface area (Å²) in [7, 11) is 2.00. The SMILES string of the molecule is Cn1cc2c(n1)CCCC2NCCNc1ccc2ccccc2n1.O=C(O)C(F)(F)F. The molecule has 1 aliphatic rings. The van der Waals surface area contributed by atoms with Crippen LogP contribution < -0.4 is 10.6 Å². The second kappa shape index (κ2) is 9.78. The fraction of sp³-hybridized carbons (Fsp3) is 0.381. The zero-order chi connectivity index (χ0) is 22.4. The maximum Gasteiger partial charge on any atom is 0.490 e. The van der Waals surface area contributed by atoms with Gasteiger partial charge in [-0.15, -0.1) is 0 Å². The van der Waals surface area contributed by atoms with Gasteiger partial charge in [-0.05, 0) is 37.5 Å². The van der Waals surface area contributed by atoms with E-state index in [4.69, 9.17) is 9.90 Å². The number of alkyl halides is 3. The molecule has 0 saturated heterocycles. The zero-order valence-electron chi connectivity index (χ0n) is 17.0. The monoisotopic (exact) mass is 435 g/mol. The summed E-state index contributed by atoms with van der Waals surface area (Å²) in [6.45, 7) is 1.77. The molecule has 2 aromatic heterocycles. The normalized spacial score (nSPS) is 15.7. The highest BCUT2D eigenvalue weighted by Gasteiger charge is 2.38. The van der Waals surface area contributed by atoms with E-state index in [9.17, 15) is 13.2 Å². The third kappa shape index (κ3) is 6.17. The van der Waals surface area contributed by atoms with Crippen molar-refractivity contribution in [1.82, 2.24) is 20.1 Å². The van der Waals surface area contributed by atoms with Crippen LogP contribution in [-0.2, 0) is 18.3 Å². The predicted octanol–water partition coefficient (Wildman–Crippen LogP) is 3.68. The summed E-state index contributed by atoms with van der Waals surface area (Å²) < 4.78 is 33.7. The van der Waals surface area contributed by atoms with E-state index in [1.165, 1.54) is 29.5 Å². The Morgan fingerprint density at radius 3 is 2.71 bits per heavy atom. The van der Waals surface area contributed by atoms with Gasteiger partial charge < -0.3 is 15.7 Å². The summed E-state index contributed by atoms with van der Waals surface area (Å²) >= 11 is 0. The molecule has 0 amide bonds. The minimum Gasteiger partial charge on any atom is -0.475 e. The number of aliphatic carboxylic acids is 1. The smallest absolute Gasteiger partial charge is 0.475 e. The number of pyridine rings is 1. The number of carboxylic acids is 1. The minimum absolute atomic E-state index is 0.425. The first-order chi connectivity index (χ1) is 14.7. The maximum atomic E-state index is 10.6. The highest BCUT2D eigenvalue weighted by Crippen LogP contribution is 2.28. The van der Waals surface area contributed by atoms with E-state index in [1.54, 1.807) is 0 Å². The largest absolute Gasteiger partial charge is 0.490 e. The van der Waals surface area contributed by atoms with Crippen LogP contribution in [0.3, 0.4) is 0 Å². The van der Waals surface area contributed by atoms with Crippen LogP contribution in [0, 0.1) is 0 Å². The van der Waals surface area contributed by atoms with Crippen LogP contribution in [-0.4, -0.2) is 45.1 Å². The van der Waals surface area contributed by atoms with Crippen LogP contribution in [0.25, 0.3) is 10.9 Å². The van der Waals surface area contributed by atoms with E-state index < -0.39 is 12.1 Å². The number of hydrogen-bond acceptors (Lipinski definition) is 5. The number of fused-ring (bicyclic) bond motifs is 2. The first kappa shape index (κ1) is 22.5. The Bertz CT molecular complexity index is 1040. The van der Waals surface area contributed by atoms with Crippen LogP contribution in [0.1, 0.15) is 30.1 Å². The Morgan fingerprint density at radius 2 is 1.97 bits per heavy atom. The third-order valence-corrected chi connectivity index (χ3v) is 4.88. The van der Waals surface area contributed by atoms with Gasteiger partial charge >= 0.3 is 12.1 Å². The number of carboxylic acid groups (broad SMARTS) is 1. The molecule has 166 valence electrons. The fourth-order valence-corrected chi connectivity index (χ4v) is 3.48. The van der Waals surface area contributed by atoms with Crippen molar-refractivity contribution in [3.8, 4) is 0 Å². The fourth-order valence-electron chi connectivity index (χ4n) is 3.48. The molecular formula is C21H24F3N5O2. The van der Waals surface area contributed by atoms with Crippen LogP contribution >= 0.6 is 0 Å². The second-order valence-electron chi connectivity index (χ2n) is 7.22. The van der Waals surface area contributed by atoms with Gasteiger partial charge in [-0.3, -0.25) is 4.68 Å². The summed E-state index contributed by atoms with van der Waals surface area (Å²) in [5, 5.41) is 19.9. The van der Waals surface area contributed by atoms with Gasteiger partial charge in [0.2, 0.25) is 0 Å². The van der Waals surface area contributed by atoms with Gasteiger partial charge in [0.1, 0.15) is 5.82 Å². The first-order valence-corrected chi connectivity index (χ1v) is 9.89. The molecule has 0 saturated carbocycles. The lowest BCUT2D eigenvalue weighted by molar-refractivity contribution is -0.192. The lowest BCUT2D eigenvalue weighted by Crippen LogP contribution is -2.29. The molecule has 0 radical (unpaired) electrons. The summed E-state index contributed by atoms with van der Waals surface area (Å²) in [6, 6.07) is 12.8. The quantitative estimate of drug-likeness (QED) is 0.530. The van der Waals surface area contributed by atoms with Gasteiger partial charge in [-0.2, -0.15) is 18.3 Å². The van der Waals surface area contributed by atoms with E-state index >= 15 is 0 Å². The van der Waals surface area contributed by atoms with Crippen LogP contribution in [0.5, 0.6) is 0 Å². The Kier molecular flexibility index (Phi) is 7.11. The Labute approximate surface area is 177 Å². The first-order valence-electron chi connectivity index (χ1n) is 9.89. The number of halogens is 3. The number of aromatic nitrogens is 3. The third-order valence-electron chi connectivity index (χ3n) is 4.88. The molecule has 0 spiro atoms. The summed E-state index contributed by atoms with van der Waals surface area (Å²) in [6.07, 6.45) is 0.576. The molecule has 0 bridgehead atoms. The lowest BCUT2D eigenvalue weighted by Gasteiger charge is -2.22. The molecule has 1 unspecified atom stereocenters. The highest BCUT2D eigenvalue weighted by atomic mass is 19.4. The molecule has 1 atom stereocenters. The average Bonchev–Trinajstić information content (AvgIpc) is 3.12. The van der Waals surface area contributed by atoms with Gasteiger partial charge in [0, 0.05) is 43.3 Å². The molecule has 1 aliphatic carbocycles. The molecule has 1 aromatic carbocycles. The Hall–Kier alpha value is -3.14. The van der Waals surface area contributed by atoms with Gasteiger partial charge in [-0.1, -0.05) is 18.2 Å². The molecule has 0 fully saturated rings. The number of anilines is 1. The number of hydrogen-bond donors (Lipinski definition) is 3. The zero-order valence-corrected chi connectivity index (χ0v) is 17.0. The van der Waals surface area contributed by atoms with Crippen molar-refractivity contribution < 1.29 is 23.1 Å². The van der Waals surface area contributed by atoms with E-state index in [2.05, 4.69) is 39.0 Å². The second-order valence-corrected chi connectivity index (χ2v) is 7.22. The summed E-state index contributed by atoms with van der Waals surface area (Å²) in [5.41, 5.74) is 3.65. The van der Waals surface area contributed by atoms with E-state index in [0.717, 1.165) is 30.8 Å². The van der Waals surface area contributed by atoms with Crippen LogP contribution in [0.2, 0.25) is 0 Å². The average molecular weight is 435 g/mol. The number of rotatable bonds is 5. The standard InChI is InChI=1S/C19H23N5.C2HF3O2/c1-24-13-15-17(7-4-8-18(15)23-24)20-11-12-21-19-10-9-14-5-2-3-6-16(14)22-19;3-2(4,5)1(6)7/h2-3,5-6,9-10,13,17,20H,4,7-8,11-12H2,1H3,(H,21,22);(H,6,7). The number of benzene rings is 1. The molecule has 10 heteroatoms. The molecule has 7 nitrogen and oxygen atoms in total. The number of aryl methyl sites for hydroxylation is 2. The Balaban J connectivity index is 0.000000339. The van der Waals surface area contributed by atoms with Crippen molar-refractivity contribution in [3.05, 3.63) is 53.9 Å². The summed E-state index contributed by atoms with van der Waals surface area (Å²) in [4.78, 5) is 13.5. The number of para-hydroxylation sites is 1. The predicted molar refractivity (Wildman–Crippen MR) is 111 cm³/mol. The molecule has 31 heavy (non-hydrogen) atoms. The van der Waals surface area contributed by atoms with Gasteiger partial charge in [0.05, 0.1) is 11.2 Å². The van der Waals surface area contributed by atoms with Gasteiger partial charge in [0.15, 0.2) is 0 Å².